The average Bonchev–Trinajstić information content (AvgIpc) is 3.19. The molecular formula is C21H27N3O3S. The molecule has 0 saturated carbocycles. The second-order valence-electron chi connectivity index (χ2n) is 7.30. The van der Waals surface area contributed by atoms with Crippen LogP contribution in [0.15, 0.2) is 29.6 Å². The quantitative estimate of drug-likeness (QED) is 0.745. The Labute approximate surface area is 170 Å². The Morgan fingerprint density at radius 3 is 2.79 bits per heavy atom. The number of aromatic nitrogens is 1. The number of amides is 1. The Kier molecular flexibility index (Phi) is 6.12. The van der Waals surface area contributed by atoms with Crippen LogP contribution in [0.2, 0.25) is 0 Å². The van der Waals surface area contributed by atoms with Crippen molar-refractivity contribution in [3.05, 3.63) is 40.3 Å². The van der Waals surface area contributed by atoms with Crippen LogP contribution in [0.3, 0.4) is 0 Å². The second-order valence-corrected chi connectivity index (χ2v) is 8.24. The normalized spacial score (nSPS) is 19.6. The van der Waals surface area contributed by atoms with Crippen LogP contribution in [0, 0.1) is 0 Å². The maximum Gasteiger partial charge on any atom is 0.267 e. The van der Waals surface area contributed by atoms with Gasteiger partial charge >= 0.3 is 0 Å². The van der Waals surface area contributed by atoms with E-state index in [1.54, 1.807) is 11.3 Å². The number of piperazine rings is 1. The summed E-state index contributed by atoms with van der Waals surface area (Å²) in [6.07, 6.45) is 2.93. The summed E-state index contributed by atoms with van der Waals surface area (Å²) in [7, 11) is 0. The molecule has 6 nitrogen and oxygen atoms in total. The fourth-order valence-electron chi connectivity index (χ4n) is 3.56. The molecule has 0 unspecified atom stereocenters. The number of aryl methyl sites for hydroxylation is 1. The molecule has 0 spiro atoms. The molecular weight excluding hydrogens is 374 g/mol. The molecule has 1 amide bonds. The van der Waals surface area contributed by atoms with Crippen LogP contribution in [0.1, 0.15) is 30.5 Å². The van der Waals surface area contributed by atoms with Gasteiger partial charge in [-0.2, -0.15) is 0 Å². The van der Waals surface area contributed by atoms with Crippen LogP contribution in [-0.4, -0.2) is 59.6 Å². The van der Waals surface area contributed by atoms with Gasteiger partial charge in [0.1, 0.15) is 6.61 Å². The van der Waals surface area contributed by atoms with Gasteiger partial charge in [0.2, 0.25) is 6.10 Å². The fraction of sp³-hybridized carbons (Fsp3) is 0.524. The molecule has 0 N–H and O–H groups in total. The Balaban J connectivity index is 1.26. The van der Waals surface area contributed by atoms with Gasteiger partial charge in [0, 0.05) is 38.1 Å². The number of unbranched alkanes of at least 4 members (excludes halogenated alkanes) is 1. The number of fused-ring (bicyclic) bond motifs is 1. The minimum atomic E-state index is -0.555. The number of rotatable bonds is 6. The zero-order valence-electron chi connectivity index (χ0n) is 16.3. The molecule has 1 saturated heterocycles. The number of carbonyl (C=O) groups is 1. The third kappa shape index (κ3) is 4.47. The first kappa shape index (κ1) is 19.2. The summed E-state index contributed by atoms with van der Waals surface area (Å²) in [5, 5.41) is 3.41. The lowest BCUT2D eigenvalue weighted by atomic mass is 10.2. The predicted octanol–water partition coefficient (Wildman–Crippen LogP) is 2.97. The fourth-order valence-corrected chi connectivity index (χ4v) is 4.40. The number of nitrogens with zero attached hydrogens (tertiary/aromatic N) is 3. The maximum absolute atomic E-state index is 12.8. The van der Waals surface area contributed by atoms with Crippen LogP contribution in [-0.2, 0) is 17.8 Å². The molecule has 2 aromatic rings. The van der Waals surface area contributed by atoms with Gasteiger partial charge in [-0.05, 0) is 25.0 Å². The SMILES string of the molecule is CCCCc1nc(CN2CCN(C(=O)[C@H]3COc4ccccc4O3)CC2)cs1. The molecule has 0 bridgehead atoms. The summed E-state index contributed by atoms with van der Waals surface area (Å²) >= 11 is 1.76. The van der Waals surface area contributed by atoms with Crippen molar-refractivity contribution in [3.8, 4) is 11.5 Å². The first-order valence-electron chi connectivity index (χ1n) is 10.1. The van der Waals surface area contributed by atoms with Gasteiger partial charge in [0.05, 0.1) is 10.7 Å². The van der Waals surface area contributed by atoms with Crippen LogP contribution in [0.4, 0.5) is 0 Å². The number of para-hydroxylation sites is 2. The highest BCUT2D eigenvalue weighted by Gasteiger charge is 2.32. The zero-order chi connectivity index (χ0) is 19.3. The highest BCUT2D eigenvalue weighted by atomic mass is 32.1. The van der Waals surface area contributed by atoms with Crippen LogP contribution >= 0.6 is 11.3 Å². The molecule has 0 aliphatic carbocycles. The largest absolute Gasteiger partial charge is 0.485 e. The van der Waals surface area contributed by atoms with E-state index in [-0.39, 0.29) is 12.5 Å². The minimum Gasteiger partial charge on any atom is -0.485 e. The van der Waals surface area contributed by atoms with Gasteiger partial charge in [0.25, 0.3) is 5.91 Å². The van der Waals surface area contributed by atoms with Crippen LogP contribution < -0.4 is 9.47 Å². The zero-order valence-corrected chi connectivity index (χ0v) is 17.1. The van der Waals surface area contributed by atoms with E-state index in [0.29, 0.717) is 24.6 Å². The standard InChI is InChI=1S/C21H27N3O3S/c1-2-3-8-20-22-16(15-28-20)13-23-9-11-24(12-10-23)21(25)19-14-26-17-6-4-5-7-18(17)27-19/h4-7,15,19H,2-3,8-14H2,1H3/t19-/m1/s1. The van der Waals surface area contributed by atoms with Crippen molar-refractivity contribution in [2.24, 2.45) is 0 Å². The Morgan fingerprint density at radius 1 is 1.21 bits per heavy atom. The molecule has 2 aliphatic heterocycles. The lowest BCUT2D eigenvalue weighted by Crippen LogP contribution is -2.53. The van der Waals surface area contributed by atoms with Crippen LogP contribution in [0.25, 0.3) is 0 Å². The topological polar surface area (TPSA) is 54.9 Å². The summed E-state index contributed by atoms with van der Waals surface area (Å²) in [5.41, 5.74) is 1.15. The molecule has 28 heavy (non-hydrogen) atoms. The molecule has 0 radical (unpaired) electrons. The van der Waals surface area contributed by atoms with E-state index < -0.39 is 6.10 Å². The van der Waals surface area contributed by atoms with Gasteiger partial charge in [0.15, 0.2) is 11.5 Å². The van der Waals surface area contributed by atoms with Crippen LogP contribution in [0.5, 0.6) is 11.5 Å². The van der Waals surface area contributed by atoms with E-state index in [1.807, 2.05) is 29.2 Å². The molecule has 2 aliphatic rings. The van der Waals surface area contributed by atoms with E-state index in [4.69, 9.17) is 14.5 Å². The number of hydrogen-bond acceptors (Lipinski definition) is 6. The summed E-state index contributed by atoms with van der Waals surface area (Å²) in [5.74, 6) is 1.37. The molecule has 3 heterocycles. The smallest absolute Gasteiger partial charge is 0.267 e. The van der Waals surface area contributed by atoms with Crippen molar-refractivity contribution in [2.45, 2.75) is 38.8 Å². The van der Waals surface area contributed by atoms with Crippen molar-refractivity contribution in [3.63, 3.8) is 0 Å². The van der Waals surface area contributed by atoms with Gasteiger partial charge in [-0.25, -0.2) is 4.98 Å². The van der Waals surface area contributed by atoms with Crippen molar-refractivity contribution >= 4 is 17.2 Å². The van der Waals surface area contributed by atoms with Gasteiger partial charge in [-0.15, -0.1) is 11.3 Å². The molecule has 1 aromatic heterocycles. The third-order valence-electron chi connectivity index (χ3n) is 5.20. The van der Waals surface area contributed by atoms with E-state index in [1.165, 1.54) is 17.8 Å². The third-order valence-corrected chi connectivity index (χ3v) is 6.15. The van der Waals surface area contributed by atoms with Crippen molar-refractivity contribution in [1.29, 1.82) is 0 Å². The van der Waals surface area contributed by atoms with Crippen molar-refractivity contribution < 1.29 is 14.3 Å². The van der Waals surface area contributed by atoms with E-state index in [9.17, 15) is 4.79 Å². The van der Waals surface area contributed by atoms with Gasteiger partial charge in [-0.3, -0.25) is 9.69 Å². The molecule has 1 atom stereocenters. The second kappa shape index (κ2) is 8.92. The number of carbonyl (C=O) groups excluding carboxylic acids is 1. The summed E-state index contributed by atoms with van der Waals surface area (Å²) < 4.78 is 11.6. The van der Waals surface area contributed by atoms with E-state index in [2.05, 4.69) is 17.2 Å². The molecule has 4 rings (SSSR count). The number of ether oxygens (including phenoxy) is 2. The Bertz CT molecular complexity index is 802. The number of benzene rings is 1. The first-order valence-corrected chi connectivity index (χ1v) is 10.9. The Hall–Kier alpha value is -2.12. The average molecular weight is 402 g/mol. The van der Waals surface area contributed by atoms with Crippen molar-refractivity contribution in [1.82, 2.24) is 14.8 Å². The lowest BCUT2D eigenvalue weighted by Gasteiger charge is -2.36. The summed E-state index contributed by atoms with van der Waals surface area (Å²) in [6.45, 7) is 6.49. The summed E-state index contributed by atoms with van der Waals surface area (Å²) in [4.78, 5) is 21.8. The first-order chi connectivity index (χ1) is 13.7. The molecule has 150 valence electrons. The monoisotopic (exact) mass is 401 g/mol. The molecule has 1 aromatic carbocycles. The van der Waals surface area contributed by atoms with Gasteiger partial charge < -0.3 is 14.4 Å². The minimum absolute atomic E-state index is 0.0182. The maximum atomic E-state index is 12.8. The van der Waals surface area contributed by atoms with Crippen molar-refractivity contribution in [2.75, 3.05) is 32.8 Å². The number of thiazole rings is 1. The molecule has 7 heteroatoms. The van der Waals surface area contributed by atoms with Gasteiger partial charge in [-0.1, -0.05) is 25.5 Å². The van der Waals surface area contributed by atoms with E-state index >= 15 is 0 Å². The summed E-state index contributed by atoms with van der Waals surface area (Å²) in [6, 6.07) is 7.49. The van der Waals surface area contributed by atoms with E-state index in [0.717, 1.165) is 31.7 Å². The Morgan fingerprint density at radius 2 is 2.00 bits per heavy atom. The highest BCUT2D eigenvalue weighted by molar-refractivity contribution is 7.09. The predicted molar refractivity (Wildman–Crippen MR) is 109 cm³/mol. The number of hydrogen-bond donors (Lipinski definition) is 0. The highest BCUT2D eigenvalue weighted by Crippen LogP contribution is 2.31. The molecule has 1 fully saturated rings. The lowest BCUT2D eigenvalue weighted by molar-refractivity contribution is -0.143.